The van der Waals surface area contributed by atoms with Gasteiger partial charge in [-0.3, -0.25) is 4.79 Å². The van der Waals surface area contributed by atoms with Crippen LogP contribution in [-0.4, -0.2) is 41.1 Å². The van der Waals surface area contributed by atoms with E-state index in [-0.39, 0.29) is 18.6 Å². The second-order valence-electron chi connectivity index (χ2n) is 5.88. The first-order valence-electron chi connectivity index (χ1n) is 7.21. The van der Waals surface area contributed by atoms with Crippen molar-refractivity contribution in [3.8, 4) is 6.07 Å². The van der Waals surface area contributed by atoms with Crippen LogP contribution in [0.3, 0.4) is 0 Å². The number of nitriles is 1. The molecule has 3 N–H and O–H groups in total. The molecule has 0 aromatic heterocycles. The molecule has 1 saturated carbocycles. The molecule has 106 valence electrons. The van der Waals surface area contributed by atoms with E-state index in [2.05, 4.69) is 6.07 Å². The molecule has 0 bridgehead atoms. The quantitative estimate of drug-likeness (QED) is 0.788. The molecule has 1 aliphatic heterocycles. The molecule has 0 aromatic carbocycles. The zero-order valence-corrected chi connectivity index (χ0v) is 11.3. The van der Waals surface area contributed by atoms with Crippen LogP contribution >= 0.6 is 0 Å². The van der Waals surface area contributed by atoms with E-state index in [4.69, 9.17) is 11.0 Å². The lowest BCUT2D eigenvalue weighted by Gasteiger charge is -2.39. The van der Waals surface area contributed by atoms with Crippen molar-refractivity contribution < 1.29 is 9.90 Å². The Morgan fingerprint density at radius 3 is 2.68 bits per heavy atom. The average Bonchev–Trinajstić information content (AvgIpc) is 2.95. The van der Waals surface area contributed by atoms with Crippen LogP contribution in [-0.2, 0) is 4.79 Å². The molecule has 1 heterocycles. The SMILES string of the molecule is N#C[C@@H]1CCCCN1C(=O)[C@@H](N)C1(CO)CCCC1. The number of likely N-dealkylation sites (tertiary alicyclic amines) is 1. The Labute approximate surface area is 114 Å². The van der Waals surface area contributed by atoms with Crippen LogP contribution in [0.1, 0.15) is 44.9 Å². The van der Waals surface area contributed by atoms with Crippen LogP contribution in [0, 0.1) is 16.7 Å². The van der Waals surface area contributed by atoms with Crippen LogP contribution in [0.5, 0.6) is 0 Å². The van der Waals surface area contributed by atoms with E-state index in [0.29, 0.717) is 6.54 Å². The van der Waals surface area contributed by atoms with Gasteiger partial charge in [-0.25, -0.2) is 0 Å². The summed E-state index contributed by atoms with van der Waals surface area (Å²) in [6.07, 6.45) is 6.31. The lowest BCUT2D eigenvalue weighted by Crippen LogP contribution is -2.57. The average molecular weight is 265 g/mol. The summed E-state index contributed by atoms with van der Waals surface area (Å²) in [6, 6.07) is 1.18. The molecular weight excluding hydrogens is 242 g/mol. The Hall–Kier alpha value is -1.12. The first-order chi connectivity index (χ1) is 9.14. The molecular formula is C14H23N3O2. The normalized spacial score (nSPS) is 27.8. The molecule has 1 saturated heterocycles. The predicted octanol–water partition coefficient (Wildman–Crippen LogP) is 0.771. The first kappa shape index (κ1) is 14.3. The number of carbonyl (C=O) groups excluding carboxylic acids is 1. The highest BCUT2D eigenvalue weighted by Crippen LogP contribution is 2.40. The second-order valence-corrected chi connectivity index (χ2v) is 5.88. The second kappa shape index (κ2) is 5.89. The molecule has 2 atom stereocenters. The molecule has 2 aliphatic rings. The highest BCUT2D eigenvalue weighted by atomic mass is 16.3. The van der Waals surface area contributed by atoms with Gasteiger partial charge in [-0.1, -0.05) is 12.8 Å². The number of aliphatic hydroxyl groups excluding tert-OH is 1. The molecule has 19 heavy (non-hydrogen) atoms. The van der Waals surface area contributed by atoms with E-state index in [1.54, 1.807) is 4.90 Å². The van der Waals surface area contributed by atoms with Gasteiger partial charge < -0.3 is 15.7 Å². The Bertz CT molecular complexity index is 371. The van der Waals surface area contributed by atoms with Gasteiger partial charge in [-0.15, -0.1) is 0 Å². The fraction of sp³-hybridized carbons (Fsp3) is 0.857. The zero-order valence-electron chi connectivity index (χ0n) is 11.3. The summed E-state index contributed by atoms with van der Waals surface area (Å²) in [5.74, 6) is -0.151. The molecule has 1 aliphatic carbocycles. The number of rotatable bonds is 3. The standard InChI is InChI=1S/C14H23N3O2/c15-9-11-5-1-4-8-17(11)13(19)12(16)14(10-18)6-2-3-7-14/h11-12,18H,1-8,10,16H2/t11-,12+/m0/s1. The first-order valence-corrected chi connectivity index (χ1v) is 7.21. The van der Waals surface area contributed by atoms with Crippen LogP contribution in [0.15, 0.2) is 0 Å². The number of hydrogen-bond donors (Lipinski definition) is 2. The van der Waals surface area contributed by atoms with Gasteiger partial charge in [0.1, 0.15) is 6.04 Å². The number of hydrogen-bond acceptors (Lipinski definition) is 4. The van der Waals surface area contributed by atoms with E-state index in [1.807, 2.05) is 0 Å². The van der Waals surface area contributed by atoms with Crippen LogP contribution < -0.4 is 5.73 Å². The van der Waals surface area contributed by atoms with Gasteiger partial charge >= 0.3 is 0 Å². The summed E-state index contributed by atoms with van der Waals surface area (Å²) >= 11 is 0. The maximum Gasteiger partial charge on any atom is 0.241 e. The Morgan fingerprint density at radius 2 is 2.11 bits per heavy atom. The van der Waals surface area contributed by atoms with Gasteiger partial charge in [0, 0.05) is 12.0 Å². The lowest BCUT2D eigenvalue weighted by molar-refractivity contribution is -0.139. The number of nitrogens with zero attached hydrogens (tertiary/aromatic N) is 2. The van der Waals surface area contributed by atoms with Crippen molar-refractivity contribution in [3.63, 3.8) is 0 Å². The highest BCUT2D eigenvalue weighted by Gasteiger charge is 2.45. The van der Waals surface area contributed by atoms with Crippen molar-refractivity contribution in [1.29, 1.82) is 5.26 Å². The number of carbonyl (C=O) groups is 1. The molecule has 1 amide bonds. The largest absolute Gasteiger partial charge is 0.396 e. The van der Waals surface area contributed by atoms with Gasteiger partial charge in [0.2, 0.25) is 5.91 Å². The van der Waals surface area contributed by atoms with Crippen molar-refractivity contribution >= 4 is 5.91 Å². The minimum Gasteiger partial charge on any atom is -0.396 e. The minimum absolute atomic E-state index is 0.0367. The third-order valence-electron chi connectivity index (χ3n) is 4.77. The maximum atomic E-state index is 12.6. The summed E-state index contributed by atoms with van der Waals surface area (Å²) in [7, 11) is 0. The van der Waals surface area contributed by atoms with Crippen molar-refractivity contribution in [3.05, 3.63) is 0 Å². The van der Waals surface area contributed by atoms with Gasteiger partial charge in [-0.2, -0.15) is 5.26 Å². The predicted molar refractivity (Wildman–Crippen MR) is 70.9 cm³/mol. The summed E-state index contributed by atoms with van der Waals surface area (Å²) in [5, 5.41) is 18.8. The van der Waals surface area contributed by atoms with Crippen LogP contribution in [0.4, 0.5) is 0 Å². The zero-order chi connectivity index (χ0) is 13.9. The third kappa shape index (κ3) is 2.60. The number of aliphatic hydroxyl groups is 1. The molecule has 2 rings (SSSR count). The van der Waals surface area contributed by atoms with E-state index in [9.17, 15) is 9.90 Å². The van der Waals surface area contributed by atoms with Crippen molar-refractivity contribution in [1.82, 2.24) is 4.90 Å². The van der Waals surface area contributed by atoms with Crippen LogP contribution in [0.2, 0.25) is 0 Å². The van der Waals surface area contributed by atoms with Gasteiger partial charge in [0.25, 0.3) is 0 Å². The Morgan fingerprint density at radius 1 is 1.42 bits per heavy atom. The van der Waals surface area contributed by atoms with Gasteiger partial charge in [0.15, 0.2) is 0 Å². The smallest absolute Gasteiger partial charge is 0.241 e. The van der Waals surface area contributed by atoms with Gasteiger partial charge in [-0.05, 0) is 32.1 Å². The fourth-order valence-electron chi connectivity index (χ4n) is 3.42. The third-order valence-corrected chi connectivity index (χ3v) is 4.77. The molecule has 0 radical (unpaired) electrons. The fourth-order valence-corrected chi connectivity index (χ4v) is 3.42. The monoisotopic (exact) mass is 265 g/mol. The summed E-state index contributed by atoms with van der Waals surface area (Å²) < 4.78 is 0. The molecule has 2 fully saturated rings. The Kier molecular flexibility index (Phi) is 4.43. The molecule has 5 heteroatoms. The van der Waals surface area contributed by atoms with E-state index >= 15 is 0 Å². The van der Waals surface area contributed by atoms with Crippen molar-refractivity contribution in [2.45, 2.75) is 57.0 Å². The van der Waals surface area contributed by atoms with E-state index < -0.39 is 11.5 Å². The van der Waals surface area contributed by atoms with Crippen LogP contribution in [0.25, 0.3) is 0 Å². The molecule has 0 unspecified atom stereocenters. The lowest BCUT2D eigenvalue weighted by atomic mass is 9.78. The number of amides is 1. The molecule has 0 spiro atoms. The van der Waals surface area contributed by atoms with E-state index in [1.165, 1.54) is 0 Å². The van der Waals surface area contributed by atoms with E-state index in [0.717, 1.165) is 44.9 Å². The summed E-state index contributed by atoms with van der Waals surface area (Å²) in [6.45, 7) is 0.581. The summed E-state index contributed by atoms with van der Waals surface area (Å²) in [5.41, 5.74) is 5.69. The molecule has 5 nitrogen and oxygen atoms in total. The van der Waals surface area contributed by atoms with Crippen molar-refractivity contribution in [2.24, 2.45) is 11.1 Å². The highest BCUT2D eigenvalue weighted by molar-refractivity contribution is 5.83. The molecule has 0 aromatic rings. The number of nitrogens with two attached hydrogens (primary N) is 1. The van der Waals surface area contributed by atoms with Crippen molar-refractivity contribution in [2.75, 3.05) is 13.2 Å². The topological polar surface area (TPSA) is 90.4 Å². The minimum atomic E-state index is -0.672. The number of piperidine rings is 1. The Balaban J connectivity index is 2.11. The van der Waals surface area contributed by atoms with Gasteiger partial charge in [0.05, 0.1) is 18.7 Å². The summed E-state index contributed by atoms with van der Waals surface area (Å²) in [4.78, 5) is 14.2. The maximum absolute atomic E-state index is 12.6.